The zero-order valence-electron chi connectivity index (χ0n) is 10.9. The third-order valence-electron chi connectivity index (χ3n) is 2.98. The highest BCUT2D eigenvalue weighted by Crippen LogP contribution is 2.27. The number of hydrogen-bond acceptors (Lipinski definition) is 3. The summed E-state index contributed by atoms with van der Waals surface area (Å²) < 4.78 is 0. The van der Waals surface area contributed by atoms with Gasteiger partial charge >= 0.3 is 0 Å². The predicted molar refractivity (Wildman–Crippen MR) is 87.3 cm³/mol. The molecule has 0 saturated heterocycles. The Labute approximate surface area is 132 Å². The summed E-state index contributed by atoms with van der Waals surface area (Å²) in [6, 6.07) is 16.8. The van der Waals surface area contributed by atoms with Crippen LogP contribution in [-0.4, -0.2) is 9.97 Å². The highest BCUT2D eigenvalue weighted by Gasteiger charge is 2.07. The topological polar surface area (TPSA) is 51.8 Å². The molecule has 0 saturated carbocycles. The summed E-state index contributed by atoms with van der Waals surface area (Å²) in [6.07, 6.45) is 0. The van der Waals surface area contributed by atoms with E-state index >= 15 is 0 Å². The molecule has 0 radical (unpaired) electrons. The van der Waals surface area contributed by atoms with Gasteiger partial charge in [-0.2, -0.15) is 0 Å². The van der Waals surface area contributed by atoms with Crippen molar-refractivity contribution in [3.8, 4) is 22.5 Å². The highest BCUT2D eigenvalue weighted by atomic mass is 35.5. The van der Waals surface area contributed by atoms with E-state index < -0.39 is 0 Å². The molecule has 21 heavy (non-hydrogen) atoms. The van der Waals surface area contributed by atoms with Gasteiger partial charge in [-0.3, -0.25) is 0 Å². The van der Waals surface area contributed by atoms with Crippen LogP contribution in [0, 0.1) is 0 Å². The monoisotopic (exact) mass is 315 g/mol. The first-order valence-electron chi connectivity index (χ1n) is 6.28. The van der Waals surface area contributed by atoms with Crippen molar-refractivity contribution >= 4 is 29.2 Å². The first kappa shape index (κ1) is 13.9. The van der Waals surface area contributed by atoms with Crippen molar-refractivity contribution < 1.29 is 0 Å². The Hall–Kier alpha value is -2.10. The molecule has 0 aliphatic rings. The second-order valence-electron chi connectivity index (χ2n) is 4.52. The van der Waals surface area contributed by atoms with Crippen molar-refractivity contribution in [2.24, 2.45) is 0 Å². The van der Waals surface area contributed by atoms with Gasteiger partial charge in [0.1, 0.15) is 0 Å². The van der Waals surface area contributed by atoms with Crippen LogP contribution in [-0.2, 0) is 0 Å². The molecule has 1 aromatic heterocycles. The third-order valence-corrected chi connectivity index (χ3v) is 3.45. The van der Waals surface area contributed by atoms with E-state index in [1.807, 2.05) is 54.6 Å². The molecular formula is C16H11Cl2N3. The molecule has 0 amide bonds. The lowest BCUT2D eigenvalue weighted by molar-refractivity contribution is 1.19. The van der Waals surface area contributed by atoms with E-state index in [-0.39, 0.29) is 5.95 Å². The molecule has 3 rings (SSSR count). The number of aromatic nitrogens is 2. The number of hydrogen-bond donors (Lipinski definition) is 1. The Bertz CT molecular complexity index is 739. The van der Waals surface area contributed by atoms with E-state index in [4.69, 9.17) is 28.9 Å². The van der Waals surface area contributed by atoms with Crippen LogP contribution in [0.2, 0.25) is 10.0 Å². The summed E-state index contributed by atoms with van der Waals surface area (Å²) in [7, 11) is 0. The van der Waals surface area contributed by atoms with Crippen molar-refractivity contribution in [2.75, 3.05) is 5.73 Å². The molecule has 0 fully saturated rings. The van der Waals surface area contributed by atoms with Crippen LogP contribution >= 0.6 is 23.2 Å². The Morgan fingerprint density at radius 3 is 1.62 bits per heavy atom. The number of nitrogen functional groups attached to an aromatic ring is 1. The Morgan fingerprint density at radius 1 is 0.714 bits per heavy atom. The van der Waals surface area contributed by atoms with Gasteiger partial charge < -0.3 is 5.73 Å². The van der Waals surface area contributed by atoms with Gasteiger partial charge in [0.05, 0.1) is 11.4 Å². The lowest BCUT2D eigenvalue weighted by Crippen LogP contribution is -1.98. The Kier molecular flexibility index (Phi) is 3.78. The summed E-state index contributed by atoms with van der Waals surface area (Å²) in [5, 5.41) is 1.29. The minimum absolute atomic E-state index is 0.211. The summed E-state index contributed by atoms with van der Waals surface area (Å²) in [4.78, 5) is 8.54. The van der Waals surface area contributed by atoms with Gasteiger partial charge in [0.25, 0.3) is 0 Å². The standard InChI is InChI=1S/C16H11Cl2N3/c17-12-5-1-3-10(7-12)14-9-15(21-16(19)20-14)11-4-2-6-13(18)8-11/h1-9H,(H2,19,20,21). The van der Waals surface area contributed by atoms with Crippen molar-refractivity contribution in [3.63, 3.8) is 0 Å². The second kappa shape index (κ2) is 5.72. The number of rotatable bonds is 2. The molecule has 3 nitrogen and oxygen atoms in total. The maximum Gasteiger partial charge on any atom is 0.221 e. The van der Waals surface area contributed by atoms with Gasteiger partial charge in [-0.05, 0) is 30.3 Å². The number of nitrogens with zero attached hydrogens (tertiary/aromatic N) is 2. The molecule has 0 unspecified atom stereocenters. The first-order chi connectivity index (χ1) is 10.1. The Balaban J connectivity index is 2.12. The molecule has 0 atom stereocenters. The smallest absolute Gasteiger partial charge is 0.221 e. The summed E-state index contributed by atoms with van der Waals surface area (Å²) >= 11 is 12.0. The fourth-order valence-corrected chi connectivity index (χ4v) is 2.44. The maximum atomic E-state index is 6.02. The van der Waals surface area contributed by atoms with Crippen LogP contribution in [0.1, 0.15) is 0 Å². The van der Waals surface area contributed by atoms with Gasteiger partial charge in [0, 0.05) is 21.2 Å². The van der Waals surface area contributed by atoms with E-state index in [0.29, 0.717) is 10.0 Å². The molecule has 0 aliphatic carbocycles. The van der Waals surface area contributed by atoms with E-state index in [9.17, 15) is 0 Å². The summed E-state index contributed by atoms with van der Waals surface area (Å²) in [6.45, 7) is 0. The molecule has 2 aromatic carbocycles. The zero-order chi connectivity index (χ0) is 14.8. The highest BCUT2D eigenvalue weighted by molar-refractivity contribution is 6.31. The average Bonchev–Trinajstić information content (AvgIpc) is 2.46. The van der Waals surface area contributed by atoms with Gasteiger partial charge in [0.2, 0.25) is 5.95 Å². The SMILES string of the molecule is Nc1nc(-c2cccc(Cl)c2)cc(-c2cccc(Cl)c2)n1. The van der Waals surface area contributed by atoms with E-state index in [2.05, 4.69) is 9.97 Å². The number of nitrogens with two attached hydrogens (primary N) is 1. The maximum absolute atomic E-state index is 6.02. The lowest BCUT2D eigenvalue weighted by atomic mass is 10.1. The second-order valence-corrected chi connectivity index (χ2v) is 5.39. The molecule has 104 valence electrons. The third kappa shape index (κ3) is 3.15. The van der Waals surface area contributed by atoms with E-state index in [1.165, 1.54) is 0 Å². The predicted octanol–water partition coefficient (Wildman–Crippen LogP) is 4.70. The normalized spacial score (nSPS) is 10.6. The van der Waals surface area contributed by atoms with E-state index in [0.717, 1.165) is 22.5 Å². The summed E-state index contributed by atoms with van der Waals surface area (Å²) in [5.74, 6) is 0.211. The van der Waals surface area contributed by atoms with Crippen LogP contribution in [0.5, 0.6) is 0 Å². The van der Waals surface area contributed by atoms with Gasteiger partial charge in [-0.15, -0.1) is 0 Å². The molecular weight excluding hydrogens is 305 g/mol. The minimum atomic E-state index is 0.211. The zero-order valence-corrected chi connectivity index (χ0v) is 12.4. The lowest BCUT2D eigenvalue weighted by Gasteiger charge is -2.07. The first-order valence-corrected chi connectivity index (χ1v) is 7.04. The largest absolute Gasteiger partial charge is 0.368 e. The van der Waals surface area contributed by atoms with Crippen LogP contribution in [0.3, 0.4) is 0 Å². The molecule has 5 heteroatoms. The van der Waals surface area contributed by atoms with Crippen molar-refractivity contribution in [1.82, 2.24) is 9.97 Å². The number of anilines is 1. The summed E-state index contributed by atoms with van der Waals surface area (Å²) in [5.41, 5.74) is 9.04. The molecule has 1 heterocycles. The molecule has 3 aromatic rings. The van der Waals surface area contributed by atoms with Crippen molar-refractivity contribution in [1.29, 1.82) is 0 Å². The van der Waals surface area contributed by atoms with Crippen molar-refractivity contribution in [2.45, 2.75) is 0 Å². The van der Waals surface area contributed by atoms with Crippen LogP contribution in [0.15, 0.2) is 54.6 Å². The molecule has 0 aliphatic heterocycles. The minimum Gasteiger partial charge on any atom is -0.368 e. The van der Waals surface area contributed by atoms with Gasteiger partial charge in [0.15, 0.2) is 0 Å². The van der Waals surface area contributed by atoms with Gasteiger partial charge in [-0.1, -0.05) is 47.5 Å². The molecule has 0 bridgehead atoms. The Morgan fingerprint density at radius 2 is 1.19 bits per heavy atom. The number of halogens is 2. The van der Waals surface area contributed by atoms with E-state index in [1.54, 1.807) is 0 Å². The fourth-order valence-electron chi connectivity index (χ4n) is 2.06. The van der Waals surface area contributed by atoms with Crippen LogP contribution < -0.4 is 5.73 Å². The molecule has 0 spiro atoms. The van der Waals surface area contributed by atoms with Crippen molar-refractivity contribution in [3.05, 3.63) is 64.6 Å². The van der Waals surface area contributed by atoms with Gasteiger partial charge in [-0.25, -0.2) is 9.97 Å². The fraction of sp³-hybridized carbons (Fsp3) is 0. The van der Waals surface area contributed by atoms with Crippen LogP contribution in [0.4, 0.5) is 5.95 Å². The molecule has 2 N–H and O–H groups in total. The average molecular weight is 316 g/mol. The van der Waals surface area contributed by atoms with Crippen LogP contribution in [0.25, 0.3) is 22.5 Å². The quantitative estimate of drug-likeness (QED) is 0.745. The number of benzene rings is 2.